The Morgan fingerprint density at radius 2 is 2.00 bits per heavy atom. The number of amides is 2. The average molecular weight is 454 g/mol. The van der Waals surface area contributed by atoms with Gasteiger partial charge in [0.2, 0.25) is 5.91 Å². The Bertz CT molecular complexity index is 1000. The second-order valence-corrected chi connectivity index (χ2v) is 8.32. The molecule has 0 aliphatic heterocycles. The number of anilines is 1. The number of thiophene rings is 1. The summed E-state index contributed by atoms with van der Waals surface area (Å²) in [6, 6.07) is 6.87. The molecule has 0 spiro atoms. The first kappa shape index (κ1) is 22.0. The van der Waals surface area contributed by atoms with E-state index >= 15 is 0 Å². The van der Waals surface area contributed by atoms with Crippen molar-refractivity contribution < 1.29 is 22.8 Å². The van der Waals surface area contributed by atoms with Gasteiger partial charge in [0.1, 0.15) is 0 Å². The minimum atomic E-state index is -4.38. The van der Waals surface area contributed by atoms with Crippen LogP contribution in [0.1, 0.15) is 39.2 Å². The molecule has 2 N–H and O–H groups in total. The lowest BCUT2D eigenvalue weighted by Gasteiger charge is -2.07. The van der Waals surface area contributed by atoms with Crippen LogP contribution in [0.25, 0.3) is 0 Å². The van der Waals surface area contributed by atoms with Gasteiger partial charge >= 0.3 is 6.18 Å². The van der Waals surface area contributed by atoms with Crippen LogP contribution < -0.4 is 10.6 Å². The van der Waals surface area contributed by atoms with Crippen molar-refractivity contribution in [2.24, 2.45) is 0 Å². The van der Waals surface area contributed by atoms with Crippen molar-refractivity contribution in [3.05, 3.63) is 68.9 Å². The van der Waals surface area contributed by atoms with Crippen molar-refractivity contribution >= 4 is 39.6 Å². The fourth-order valence-electron chi connectivity index (χ4n) is 2.63. The number of carbonyl (C=O) groups excluding carboxylic acids is 2. The number of nitrogens with one attached hydrogen (secondary N) is 2. The van der Waals surface area contributed by atoms with E-state index in [0.717, 1.165) is 17.0 Å². The van der Waals surface area contributed by atoms with Gasteiger partial charge in [-0.2, -0.15) is 24.5 Å². The topological polar surface area (TPSA) is 71.1 Å². The first-order chi connectivity index (χ1) is 14.3. The first-order valence-corrected chi connectivity index (χ1v) is 10.8. The number of hydrogen-bond acceptors (Lipinski definition) is 5. The van der Waals surface area contributed by atoms with Crippen LogP contribution >= 0.6 is 22.7 Å². The number of aromatic nitrogens is 1. The molecule has 0 fully saturated rings. The summed E-state index contributed by atoms with van der Waals surface area (Å²) in [7, 11) is 0. The third-order valence-electron chi connectivity index (χ3n) is 4.08. The normalized spacial score (nSPS) is 11.3. The lowest BCUT2D eigenvalue weighted by atomic mass is 10.1. The molecule has 3 rings (SSSR count). The molecule has 2 aromatic heterocycles. The van der Waals surface area contributed by atoms with E-state index in [0.29, 0.717) is 35.6 Å². The minimum absolute atomic E-state index is 0.171. The third-order valence-corrected chi connectivity index (χ3v) is 5.68. The Morgan fingerprint density at radius 3 is 2.73 bits per heavy atom. The molecule has 0 radical (unpaired) electrons. The third kappa shape index (κ3) is 6.39. The van der Waals surface area contributed by atoms with Gasteiger partial charge in [0, 0.05) is 41.4 Å². The van der Waals surface area contributed by atoms with Gasteiger partial charge in [-0.1, -0.05) is 18.2 Å². The number of hydrogen-bond donors (Lipinski definition) is 2. The van der Waals surface area contributed by atoms with Crippen LogP contribution in [0.2, 0.25) is 0 Å². The summed E-state index contributed by atoms with van der Waals surface area (Å²) in [5, 5.41) is 9.38. The fraction of sp³-hybridized carbons (Fsp3) is 0.250. The maximum absolute atomic E-state index is 12.8. The van der Waals surface area contributed by atoms with Crippen molar-refractivity contribution in [2.45, 2.75) is 25.4 Å². The molecule has 0 aliphatic rings. The van der Waals surface area contributed by atoms with Crippen LogP contribution in [0.4, 0.5) is 18.3 Å². The SMILES string of the molecule is O=C(CCCNC(=O)c1ccsc1)Nc1ncc(Cc2cccc(C(F)(F)F)c2)s1. The molecule has 0 unspecified atom stereocenters. The maximum Gasteiger partial charge on any atom is 0.416 e. The van der Waals surface area contributed by atoms with Crippen molar-refractivity contribution in [1.29, 1.82) is 0 Å². The molecule has 10 heteroatoms. The molecule has 2 heterocycles. The predicted octanol–water partition coefficient (Wildman–Crippen LogP) is 4.96. The average Bonchev–Trinajstić information content (AvgIpc) is 3.37. The Hall–Kier alpha value is -2.72. The van der Waals surface area contributed by atoms with Crippen molar-refractivity contribution in [2.75, 3.05) is 11.9 Å². The van der Waals surface area contributed by atoms with Gasteiger partial charge in [-0.3, -0.25) is 9.59 Å². The van der Waals surface area contributed by atoms with E-state index in [1.54, 1.807) is 23.7 Å². The highest BCUT2D eigenvalue weighted by molar-refractivity contribution is 7.15. The number of thiazole rings is 1. The zero-order valence-corrected chi connectivity index (χ0v) is 17.3. The predicted molar refractivity (Wildman–Crippen MR) is 111 cm³/mol. The summed E-state index contributed by atoms with van der Waals surface area (Å²) in [6.07, 6.45) is -1.85. The van der Waals surface area contributed by atoms with Crippen molar-refractivity contribution in [3.8, 4) is 0 Å². The highest BCUT2D eigenvalue weighted by Gasteiger charge is 2.30. The smallest absolute Gasteiger partial charge is 0.352 e. The van der Waals surface area contributed by atoms with Gasteiger partial charge in [-0.25, -0.2) is 4.98 Å². The lowest BCUT2D eigenvalue weighted by Crippen LogP contribution is -2.25. The molecule has 0 atom stereocenters. The summed E-state index contributed by atoms with van der Waals surface area (Å²) in [5.74, 6) is -0.407. The standard InChI is InChI=1S/C20H18F3N3O2S2/c21-20(22,23)15-4-1-3-13(9-15)10-16-11-25-19(30-16)26-17(27)5-2-7-24-18(28)14-6-8-29-12-14/h1,3-4,6,8-9,11-12H,2,5,7,10H2,(H,24,28)(H,25,26,27). The summed E-state index contributed by atoms with van der Waals surface area (Å²) >= 11 is 2.66. The van der Waals surface area contributed by atoms with E-state index in [1.807, 2.05) is 5.38 Å². The second-order valence-electron chi connectivity index (χ2n) is 6.43. The molecule has 0 saturated carbocycles. The van der Waals surface area contributed by atoms with Gasteiger partial charge < -0.3 is 10.6 Å². The van der Waals surface area contributed by atoms with Crippen LogP contribution in [-0.2, 0) is 17.4 Å². The van der Waals surface area contributed by atoms with E-state index in [2.05, 4.69) is 15.6 Å². The van der Waals surface area contributed by atoms with Crippen LogP contribution in [-0.4, -0.2) is 23.3 Å². The Kier molecular flexibility index (Phi) is 7.22. The molecule has 5 nitrogen and oxygen atoms in total. The molecule has 1 aromatic carbocycles. The molecule has 0 aliphatic carbocycles. The highest BCUT2D eigenvalue weighted by Crippen LogP contribution is 2.30. The summed E-state index contributed by atoms with van der Waals surface area (Å²) in [4.78, 5) is 28.7. The largest absolute Gasteiger partial charge is 0.416 e. The van der Waals surface area contributed by atoms with Crippen LogP contribution in [0.5, 0.6) is 0 Å². The fourth-order valence-corrected chi connectivity index (χ4v) is 4.13. The van der Waals surface area contributed by atoms with E-state index in [-0.39, 0.29) is 18.2 Å². The van der Waals surface area contributed by atoms with Crippen molar-refractivity contribution in [1.82, 2.24) is 10.3 Å². The van der Waals surface area contributed by atoms with E-state index in [4.69, 9.17) is 0 Å². The van der Waals surface area contributed by atoms with E-state index in [1.165, 1.54) is 28.7 Å². The van der Waals surface area contributed by atoms with E-state index in [9.17, 15) is 22.8 Å². The molecule has 3 aromatic rings. The molecule has 30 heavy (non-hydrogen) atoms. The molecular weight excluding hydrogens is 435 g/mol. The van der Waals surface area contributed by atoms with E-state index < -0.39 is 11.7 Å². The molecule has 2 amide bonds. The number of halogens is 3. The summed E-state index contributed by atoms with van der Waals surface area (Å²) in [6.45, 7) is 0.376. The monoisotopic (exact) mass is 453 g/mol. The molecular formula is C20H18F3N3O2S2. The number of nitrogens with zero attached hydrogens (tertiary/aromatic N) is 1. The maximum atomic E-state index is 12.8. The van der Waals surface area contributed by atoms with Gasteiger partial charge in [-0.05, 0) is 29.5 Å². The van der Waals surface area contributed by atoms with Crippen LogP contribution in [0, 0.1) is 0 Å². The molecule has 0 saturated heterocycles. The summed E-state index contributed by atoms with van der Waals surface area (Å²) < 4.78 is 38.5. The number of rotatable bonds is 8. The Morgan fingerprint density at radius 1 is 1.17 bits per heavy atom. The number of benzene rings is 1. The lowest BCUT2D eigenvalue weighted by molar-refractivity contribution is -0.137. The van der Waals surface area contributed by atoms with Crippen LogP contribution in [0.3, 0.4) is 0 Å². The second kappa shape index (κ2) is 9.86. The Balaban J connectivity index is 1.44. The minimum Gasteiger partial charge on any atom is -0.352 e. The van der Waals surface area contributed by atoms with Gasteiger partial charge in [0.25, 0.3) is 5.91 Å². The zero-order valence-electron chi connectivity index (χ0n) is 15.7. The first-order valence-electron chi connectivity index (χ1n) is 9.02. The number of carbonyl (C=O) groups is 2. The van der Waals surface area contributed by atoms with Crippen LogP contribution in [0.15, 0.2) is 47.3 Å². The summed E-state index contributed by atoms with van der Waals surface area (Å²) in [5.41, 5.74) is 0.428. The zero-order chi connectivity index (χ0) is 21.6. The Labute approximate surface area is 179 Å². The van der Waals surface area contributed by atoms with Gasteiger partial charge in [0.05, 0.1) is 5.56 Å². The van der Waals surface area contributed by atoms with Gasteiger partial charge in [-0.15, -0.1) is 11.3 Å². The number of alkyl halides is 3. The quantitative estimate of drug-likeness (QED) is 0.474. The molecule has 158 valence electrons. The molecule has 0 bridgehead atoms. The van der Waals surface area contributed by atoms with Crippen molar-refractivity contribution in [3.63, 3.8) is 0 Å². The highest BCUT2D eigenvalue weighted by atomic mass is 32.1. The van der Waals surface area contributed by atoms with Gasteiger partial charge in [0.15, 0.2) is 5.13 Å².